The number of nitrogens with one attached hydrogen (secondary N) is 1. The molecule has 0 unspecified atom stereocenters. The molecule has 0 aromatic heterocycles. The van der Waals surface area contributed by atoms with E-state index in [1.165, 1.54) is 0 Å². The van der Waals surface area contributed by atoms with Gasteiger partial charge in [0.15, 0.2) is 11.5 Å². The molecule has 1 heterocycles. The fourth-order valence-corrected chi connectivity index (χ4v) is 2.70. The molecule has 2 amide bonds. The number of aliphatic hydroxyl groups is 1. The summed E-state index contributed by atoms with van der Waals surface area (Å²) in [4.78, 5) is 13.1. The predicted molar refractivity (Wildman–Crippen MR) is 81.7 cm³/mol. The van der Waals surface area contributed by atoms with Crippen LogP contribution in [0, 0.1) is 0 Å². The van der Waals surface area contributed by atoms with E-state index in [2.05, 4.69) is 21.2 Å². The largest absolute Gasteiger partial charge is 0.490 e. The van der Waals surface area contributed by atoms with Gasteiger partial charge in [0.2, 0.25) is 0 Å². The third-order valence-corrected chi connectivity index (χ3v) is 3.69. The van der Waals surface area contributed by atoms with E-state index in [9.17, 15) is 9.90 Å². The molecule has 1 aliphatic rings. The van der Waals surface area contributed by atoms with E-state index < -0.39 is 0 Å². The second-order valence-electron chi connectivity index (χ2n) is 4.56. The van der Waals surface area contributed by atoms with Crippen molar-refractivity contribution >= 4 is 22.0 Å². The molecule has 0 radical (unpaired) electrons. The second-order valence-corrected chi connectivity index (χ2v) is 5.42. The molecule has 1 saturated heterocycles. The van der Waals surface area contributed by atoms with Crippen molar-refractivity contribution in [2.24, 2.45) is 0 Å². The summed E-state index contributed by atoms with van der Waals surface area (Å²) in [6.45, 7) is 4.61. The SMILES string of the molecule is CCOc1cc(CO)cc(Br)c1OCCN1CCNC1=O. The number of aliphatic hydroxyl groups excluding tert-OH is 1. The number of carbonyl (C=O) groups excluding carboxylic acids is 1. The molecule has 0 spiro atoms. The zero-order valence-corrected chi connectivity index (χ0v) is 13.5. The molecule has 2 rings (SSSR count). The van der Waals surface area contributed by atoms with Crippen molar-refractivity contribution < 1.29 is 19.4 Å². The van der Waals surface area contributed by atoms with Gasteiger partial charge in [0.25, 0.3) is 0 Å². The van der Waals surface area contributed by atoms with Crippen molar-refractivity contribution in [2.75, 3.05) is 32.8 Å². The fraction of sp³-hybridized carbons (Fsp3) is 0.500. The van der Waals surface area contributed by atoms with E-state index >= 15 is 0 Å². The molecule has 2 N–H and O–H groups in total. The van der Waals surface area contributed by atoms with E-state index in [4.69, 9.17) is 9.47 Å². The van der Waals surface area contributed by atoms with Crippen LogP contribution in [0.2, 0.25) is 0 Å². The van der Waals surface area contributed by atoms with Crippen LogP contribution in [0.3, 0.4) is 0 Å². The molecule has 21 heavy (non-hydrogen) atoms. The molecule has 0 bridgehead atoms. The molecule has 1 aromatic carbocycles. The first-order valence-corrected chi connectivity index (χ1v) is 7.66. The lowest BCUT2D eigenvalue weighted by atomic mass is 10.2. The normalized spacial score (nSPS) is 14.2. The highest BCUT2D eigenvalue weighted by Gasteiger charge is 2.19. The summed E-state index contributed by atoms with van der Waals surface area (Å²) in [5.74, 6) is 1.18. The van der Waals surface area contributed by atoms with Gasteiger partial charge in [-0.25, -0.2) is 4.79 Å². The number of hydrogen-bond acceptors (Lipinski definition) is 4. The summed E-state index contributed by atoms with van der Waals surface area (Å²) >= 11 is 3.43. The minimum absolute atomic E-state index is 0.0571. The fourth-order valence-electron chi connectivity index (χ4n) is 2.10. The number of urea groups is 1. The van der Waals surface area contributed by atoms with E-state index in [1.54, 1.807) is 17.0 Å². The van der Waals surface area contributed by atoms with E-state index in [-0.39, 0.29) is 12.6 Å². The Balaban J connectivity index is 2.02. The highest BCUT2D eigenvalue weighted by molar-refractivity contribution is 9.10. The number of amides is 2. The topological polar surface area (TPSA) is 71.0 Å². The zero-order chi connectivity index (χ0) is 15.2. The van der Waals surface area contributed by atoms with Crippen molar-refractivity contribution in [1.29, 1.82) is 0 Å². The van der Waals surface area contributed by atoms with Crippen LogP contribution in [0.5, 0.6) is 11.5 Å². The van der Waals surface area contributed by atoms with Gasteiger partial charge >= 0.3 is 6.03 Å². The summed E-state index contributed by atoms with van der Waals surface area (Å²) in [6.07, 6.45) is 0. The van der Waals surface area contributed by atoms with Crippen LogP contribution in [0.4, 0.5) is 4.79 Å². The Bertz CT molecular complexity index is 510. The summed E-state index contributed by atoms with van der Waals surface area (Å²) < 4.78 is 12.0. The highest BCUT2D eigenvalue weighted by atomic mass is 79.9. The number of hydrogen-bond donors (Lipinski definition) is 2. The molecule has 0 atom stereocenters. The maximum Gasteiger partial charge on any atom is 0.317 e. The number of carbonyl (C=O) groups is 1. The van der Waals surface area contributed by atoms with Gasteiger partial charge in [0, 0.05) is 13.1 Å². The van der Waals surface area contributed by atoms with Crippen molar-refractivity contribution in [3.8, 4) is 11.5 Å². The van der Waals surface area contributed by atoms with Gasteiger partial charge < -0.3 is 24.8 Å². The summed E-state index contributed by atoms with van der Waals surface area (Å²) in [7, 11) is 0. The average molecular weight is 359 g/mol. The molecule has 116 valence electrons. The van der Waals surface area contributed by atoms with Crippen molar-refractivity contribution in [3.05, 3.63) is 22.2 Å². The lowest BCUT2D eigenvalue weighted by Crippen LogP contribution is -2.31. The van der Waals surface area contributed by atoms with Crippen molar-refractivity contribution in [2.45, 2.75) is 13.5 Å². The second kappa shape index (κ2) is 7.51. The van der Waals surface area contributed by atoms with Crippen LogP contribution < -0.4 is 14.8 Å². The molecule has 0 saturated carbocycles. The van der Waals surface area contributed by atoms with Crippen LogP contribution in [0.1, 0.15) is 12.5 Å². The molecule has 1 aromatic rings. The van der Waals surface area contributed by atoms with Gasteiger partial charge in [-0.2, -0.15) is 0 Å². The first kappa shape index (κ1) is 15.9. The Labute approximate surface area is 132 Å². The third kappa shape index (κ3) is 4.01. The Hall–Kier alpha value is -1.47. The monoisotopic (exact) mass is 358 g/mol. The minimum atomic E-state index is -0.0626. The highest BCUT2D eigenvalue weighted by Crippen LogP contribution is 2.37. The summed E-state index contributed by atoms with van der Waals surface area (Å²) in [5.41, 5.74) is 0.747. The number of rotatable bonds is 7. The van der Waals surface area contributed by atoms with E-state index in [1.807, 2.05) is 6.92 Å². The summed E-state index contributed by atoms with van der Waals surface area (Å²) in [5, 5.41) is 12.0. The molecular weight excluding hydrogens is 340 g/mol. The lowest BCUT2D eigenvalue weighted by Gasteiger charge is -2.17. The van der Waals surface area contributed by atoms with Crippen molar-refractivity contribution in [1.82, 2.24) is 10.2 Å². The Morgan fingerprint density at radius 1 is 1.43 bits per heavy atom. The Morgan fingerprint density at radius 3 is 2.86 bits per heavy atom. The van der Waals surface area contributed by atoms with E-state index in [0.717, 1.165) is 10.0 Å². The number of benzene rings is 1. The first-order valence-electron chi connectivity index (χ1n) is 6.87. The lowest BCUT2D eigenvalue weighted by molar-refractivity contribution is 0.199. The van der Waals surface area contributed by atoms with Crippen LogP contribution in [0.25, 0.3) is 0 Å². The van der Waals surface area contributed by atoms with Gasteiger partial charge in [0.05, 0.1) is 24.2 Å². The predicted octanol–water partition coefficient (Wildman–Crippen LogP) is 1.74. The van der Waals surface area contributed by atoms with Gasteiger partial charge in [-0.15, -0.1) is 0 Å². The molecule has 6 nitrogen and oxygen atoms in total. The maximum atomic E-state index is 11.4. The van der Waals surface area contributed by atoms with Gasteiger partial charge in [0.1, 0.15) is 6.61 Å². The molecule has 1 aliphatic heterocycles. The van der Waals surface area contributed by atoms with Crippen LogP contribution in [-0.4, -0.2) is 48.9 Å². The third-order valence-electron chi connectivity index (χ3n) is 3.10. The smallest absolute Gasteiger partial charge is 0.317 e. The maximum absolute atomic E-state index is 11.4. The van der Waals surface area contributed by atoms with Gasteiger partial charge in [-0.05, 0) is 40.5 Å². The number of halogens is 1. The zero-order valence-electron chi connectivity index (χ0n) is 11.9. The summed E-state index contributed by atoms with van der Waals surface area (Å²) in [6, 6.07) is 3.49. The van der Waals surface area contributed by atoms with Gasteiger partial charge in [-0.3, -0.25) is 0 Å². The molecule has 0 aliphatic carbocycles. The number of ether oxygens (including phenoxy) is 2. The van der Waals surface area contributed by atoms with Gasteiger partial charge in [-0.1, -0.05) is 0 Å². The van der Waals surface area contributed by atoms with Crippen LogP contribution in [-0.2, 0) is 6.61 Å². The van der Waals surface area contributed by atoms with Crippen LogP contribution in [0.15, 0.2) is 16.6 Å². The quantitative estimate of drug-likeness (QED) is 0.778. The average Bonchev–Trinajstić information content (AvgIpc) is 2.87. The molecular formula is C14H19BrN2O4. The van der Waals surface area contributed by atoms with Crippen molar-refractivity contribution in [3.63, 3.8) is 0 Å². The van der Waals surface area contributed by atoms with Crippen LogP contribution >= 0.6 is 15.9 Å². The van der Waals surface area contributed by atoms with E-state index in [0.29, 0.717) is 44.3 Å². The first-order chi connectivity index (χ1) is 10.2. The standard InChI is InChI=1S/C14H19BrN2O4/c1-2-20-12-8-10(9-18)7-11(15)13(12)21-6-5-17-4-3-16-14(17)19/h7-8,18H,2-6,9H2,1H3,(H,16,19). The number of nitrogens with zero attached hydrogens (tertiary/aromatic N) is 1. The molecule has 1 fully saturated rings. The minimum Gasteiger partial charge on any atom is -0.490 e. The molecule has 7 heteroatoms. The Kier molecular flexibility index (Phi) is 5.69. The Morgan fingerprint density at radius 2 is 2.24 bits per heavy atom.